The van der Waals surface area contributed by atoms with Gasteiger partial charge in [-0.2, -0.15) is 13.2 Å². The average molecular weight is 308 g/mol. The maximum absolute atomic E-state index is 13.5. The lowest BCUT2D eigenvalue weighted by Gasteiger charge is -2.38. The molecule has 4 nitrogen and oxygen atoms in total. The predicted octanol–water partition coefficient (Wildman–Crippen LogP) is 1.80. The zero-order valence-electron chi connectivity index (χ0n) is 12.5. The Bertz CT molecular complexity index is 377. The summed E-state index contributed by atoms with van der Waals surface area (Å²) in [7, 11) is 1.49. The molecular weight excluding hydrogens is 285 g/mol. The van der Waals surface area contributed by atoms with E-state index in [1.54, 1.807) is 0 Å². The van der Waals surface area contributed by atoms with E-state index >= 15 is 0 Å². The molecule has 0 aromatic carbocycles. The molecule has 2 fully saturated rings. The third kappa shape index (κ3) is 3.18. The van der Waals surface area contributed by atoms with Crippen LogP contribution in [0.4, 0.5) is 13.2 Å². The third-order valence-corrected chi connectivity index (χ3v) is 4.70. The lowest BCUT2D eigenvalue weighted by Crippen LogP contribution is -2.56. The van der Waals surface area contributed by atoms with Gasteiger partial charge < -0.3 is 15.0 Å². The maximum Gasteiger partial charge on any atom is 0.404 e. The highest BCUT2D eigenvalue weighted by Gasteiger charge is 2.63. The van der Waals surface area contributed by atoms with Gasteiger partial charge in [0.15, 0.2) is 5.41 Å². The minimum atomic E-state index is -4.53. The van der Waals surface area contributed by atoms with Crippen molar-refractivity contribution in [3.63, 3.8) is 0 Å². The van der Waals surface area contributed by atoms with E-state index in [0.717, 1.165) is 12.8 Å². The summed E-state index contributed by atoms with van der Waals surface area (Å²) < 4.78 is 45.5. The van der Waals surface area contributed by atoms with E-state index in [1.807, 2.05) is 6.92 Å². The van der Waals surface area contributed by atoms with Crippen molar-refractivity contribution in [2.24, 2.45) is 11.3 Å². The standard InChI is InChI=1S/C14H23F3N2O2/c1-10(11-3-4-11)19(7-8-21-2)12(20)13(14(15,16)17)5-6-18-9-13/h10-11,18H,3-9H2,1-2H3. The summed E-state index contributed by atoms with van der Waals surface area (Å²) >= 11 is 0. The van der Waals surface area contributed by atoms with Crippen LogP contribution in [0.15, 0.2) is 0 Å². The molecule has 0 radical (unpaired) electrons. The zero-order chi connectivity index (χ0) is 15.7. The molecule has 1 saturated carbocycles. The molecule has 21 heavy (non-hydrogen) atoms. The van der Waals surface area contributed by atoms with Crippen molar-refractivity contribution in [2.45, 2.75) is 38.4 Å². The molecule has 2 atom stereocenters. The Labute approximate surface area is 123 Å². The number of amides is 1. The molecule has 1 heterocycles. The lowest BCUT2D eigenvalue weighted by atomic mass is 9.84. The van der Waals surface area contributed by atoms with E-state index in [1.165, 1.54) is 12.0 Å². The highest BCUT2D eigenvalue weighted by molar-refractivity contribution is 5.84. The SMILES string of the molecule is COCCN(C(=O)C1(C(F)(F)F)CCNC1)C(C)C1CC1. The first-order chi connectivity index (χ1) is 9.83. The summed E-state index contributed by atoms with van der Waals surface area (Å²) in [5.41, 5.74) is -2.27. The average Bonchev–Trinajstić information content (AvgIpc) is 3.13. The molecule has 1 saturated heterocycles. The Morgan fingerprint density at radius 1 is 1.48 bits per heavy atom. The van der Waals surface area contributed by atoms with E-state index in [9.17, 15) is 18.0 Å². The normalized spacial score (nSPS) is 27.7. The number of hydrogen-bond donors (Lipinski definition) is 1. The smallest absolute Gasteiger partial charge is 0.383 e. The number of hydrogen-bond acceptors (Lipinski definition) is 3. The highest BCUT2D eigenvalue weighted by Crippen LogP contribution is 2.46. The number of alkyl halides is 3. The van der Waals surface area contributed by atoms with Gasteiger partial charge in [-0.15, -0.1) is 0 Å². The highest BCUT2D eigenvalue weighted by atomic mass is 19.4. The number of carbonyl (C=O) groups excluding carboxylic acids is 1. The molecule has 1 amide bonds. The van der Waals surface area contributed by atoms with Crippen LogP contribution < -0.4 is 5.32 Å². The van der Waals surface area contributed by atoms with E-state index in [2.05, 4.69) is 5.32 Å². The van der Waals surface area contributed by atoms with Gasteiger partial charge in [0.2, 0.25) is 5.91 Å². The molecule has 1 aliphatic heterocycles. The number of nitrogens with one attached hydrogen (secondary N) is 1. The topological polar surface area (TPSA) is 41.6 Å². The van der Waals surface area contributed by atoms with Gasteiger partial charge in [0.05, 0.1) is 6.61 Å². The molecule has 2 aliphatic rings. The van der Waals surface area contributed by atoms with Crippen molar-refractivity contribution in [3.8, 4) is 0 Å². The summed E-state index contributed by atoms with van der Waals surface area (Å²) in [4.78, 5) is 14.1. The van der Waals surface area contributed by atoms with Crippen LogP contribution in [0.25, 0.3) is 0 Å². The molecule has 0 spiro atoms. The monoisotopic (exact) mass is 308 g/mol. The molecule has 2 unspecified atom stereocenters. The van der Waals surface area contributed by atoms with Gasteiger partial charge in [0.1, 0.15) is 0 Å². The van der Waals surface area contributed by atoms with Crippen molar-refractivity contribution in [2.75, 3.05) is 33.4 Å². The number of halogens is 3. The van der Waals surface area contributed by atoms with Gasteiger partial charge in [0.25, 0.3) is 0 Å². The second-order valence-electron chi connectivity index (χ2n) is 6.08. The molecular formula is C14H23F3N2O2. The molecule has 7 heteroatoms. The quantitative estimate of drug-likeness (QED) is 0.813. The Morgan fingerprint density at radius 2 is 2.14 bits per heavy atom. The van der Waals surface area contributed by atoms with Crippen LogP contribution in [-0.2, 0) is 9.53 Å². The van der Waals surface area contributed by atoms with Gasteiger partial charge >= 0.3 is 6.18 Å². The van der Waals surface area contributed by atoms with Crippen molar-refractivity contribution in [1.82, 2.24) is 10.2 Å². The summed E-state index contributed by atoms with van der Waals surface area (Å²) in [5.74, 6) is -0.470. The van der Waals surface area contributed by atoms with Crippen LogP contribution in [0, 0.1) is 11.3 Å². The molecule has 0 aromatic heterocycles. The first-order valence-corrected chi connectivity index (χ1v) is 7.41. The third-order valence-electron chi connectivity index (χ3n) is 4.70. The Balaban J connectivity index is 2.22. The van der Waals surface area contributed by atoms with E-state index in [4.69, 9.17) is 4.74 Å². The molecule has 122 valence electrons. The van der Waals surface area contributed by atoms with Crippen LogP contribution in [0.5, 0.6) is 0 Å². The van der Waals surface area contributed by atoms with Crippen molar-refractivity contribution < 1.29 is 22.7 Å². The summed E-state index contributed by atoms with van der Waals surface area (Å²) in [6, 6.07) is -0.160. The fourth-order valence-electron chi connectivity index (χ4n) is 3.03. The number of ether oxygens (including phenoxy) is 1. The lowest BCUT2D eigenvalue weighted by molar-refractivity contribution is -0.223. The number of rotatable bonds is 6. The first kappa shape index (κ1) is 16.5. The molecule has 0 bridgehead atoms. The molecule has 1 N–H and O–H groups in total. The van der Waals surface area contributed by atoms with E-state index in [0.29, 0.717) is 5.92 Å². The van der Waals surface area contributed by atoms with E-state index in [-0.39, 0.29) is 38.7 Å². The summed E-state index contributed by atoms with van der Waals surface area (Å²) in [6.07, 6.45) is -2.75. The van der Waals surface area contributed by atoms with Crippen molar-refractivity contribution >= 4 is 5.91 Å². The van der Waals surface area contributed by atoms with E-state index < -0.39 is 17.5 Å². The fourth-order valence-corrected chi connectivity index (χ4v) is 3.03. The van der Waals surface area contributed by atoms with Crippen LogP contribution in [0.1, 0.15) is 26.2 Å². The minimum Gasteiger partial charge on any atom is -0.383 e. The van der Waals surface area contributed by atoms with Crippen LogP contribution >= 0.6 is 0 Å². The van der Waals surface area contributed by atoms with Gasteiger partial charge in [-0.25, -0.2) is 0 Å². The second kappa shape index (κ2) is 6.12. The second-order valence-corrected chi connectivity index (χ2v) is 6.08. The minimum absolute atomic E-state index is 0.160. The molecule has 0 aromatic rings. The Kier molecular flexibility index (Phi) is 4.82. The molecule has 1 aliphatic carbocycles. The van der Waals surface area contributed by atoms with Gasteiger partial charge in [-0.3, -0.25) is 4.79 Å². The van der Waals surface area contributed by atoms with Crippen LogP contribution in [-0.4, -0.2) is 56.4 Å². The van der Waals surface area contributed by atoms with Crippen molar-refractivity contribution in [3.05, 3.63) is 0 Å². The van der Waals surface area contributed by atoms with Gasteiger partial charge in [0, 0.05) is 26.2 Å². The van der Waals surface area contributed by atoms with Gasteiger partial charge in [-0.05, 0) is 38.6 Å². The number of methoxy groups -OCH3 is 1. The van der Waals surface area contributed by atoms with Crippen LogP contribution in [0.2, 0.25) is 0 Å². The Hall–Kier alpha value is -0.820. The van der Waals surface area contributed by atoms with Crippen LogP contribution in [0.3, 0.4) is 0 Å². The largest absolute Gasteiger partial charge is 0.404 e. The molecule has 2 rings (SSSR count). The van der Waals surface area contributed by atoms with Crippen molar-refractivity contribution in [1.29, 1.82) is 0 Å². The number of carbonyl (C=O) groups is 1. The zero-order valence-corrected chi connectivity index (χ0v) is 12.5. The summed E-state index contributed by atoms with van der Waals surface area (Å²) in [5, 5.41) is 2.70. The first-order valence-electron chi connectivity index (χ1n) is 7.41. The predicted molar refractivity (Wildman–Crippen MR) is 71.7 cm³/mol. The fraction of sp³-hybridized carbons (Fsp3) is 0.929. The summed E-state index contributed by atoms with van der Waals surface area (Å²) in [6.45, 7) is 2.21. The maximum atomic E-state index is 13.5. The number of nitrogens with zero attached hydrogens (tertiary/aromatic N) is 1. The Morgan fingerprint density at radius 3 is 2.57 bits per heavy atom. The van der Waals surface area contributed by atoms with Gasteiger partial charge in [-0.1, -0.05) is 0 Å².